The minimum Gasteiger partial charge on any atom is -0.461 e. The Morgan fingerprint density at radius 1 is 1.19 bits per heavy atom. The molecule has 0 radical (unpaired) electrons. The summed E-state index contributed by atoms with van der Waals surface area (Å²) in [4.78, 5) is 0. The molecule has 2 aromatic heterocycles. The van der Waals surface area contributed by atoms with E-state index in [0.29, 0.717) is 29.0 Å². The molecule has 3 aromatic rings. The summed E-state index contributed by atoms with van der Waals surface area (Å²) in [5.74, 6) is 1.59. The molecular formula is C17H17N3O4S2. The molecule has 0 fully saturated rings. The molecule has 136 valence electrons. The van der Waals surface area contributed by atoms with Crippen LogP contribution in [0.3, 0.4) is 0 Å². The van der Waals surface area contributed by atoms with Crippen molar-refractivity contribution in [1.29, 1.82) is 0 Å². The van der Waals surface area contributed by atoms with Gasteiger partial charge < -0.3 is 8.60 Å². The molecular weight excluding hydrogens is 374 g/mol. The lowest BCUT2D eigenvalue weighted by Crippen LogP contribution is -2.15. The van der Waals surface area contributed by atoms with Gasteiger partial charge in [-0.3, -0.25) is 4.57 Å². The summed E-state index contributed by atoms with van der Waals surface area (Å²) in [5.41, 5.74) is 0. The molecule has 2 heterocycles. The van der Waals surface area contributed by atoms with Crippen LogP contribution < -0.4 is 4.18 Å². The number of furan rings is 1. The normalized spacial score (nSPS) is 11.4. The maximum Gasteiger partial charge on any atom is 0.310 e. The first-order valence-electron chi connectivity index (χ1n) is 7.77. The zero-order valence-corrected chi connectivity index (χ0v) is 15.4. The molecule has 0 N–H and O–H groups in total. The largest absolute Gasteiger partial charge is 0.461 e. The number of hydrogen-bond acceptors (Lipinski definition) is 7. The van der Waals surface area contributed by atoms with E-state index in [0.717, 1.165) is 0 Å². The highest BCUT2D eigenvalue weighted by Crippen LogP contribution is 2.24. The Labute approximate surface area is 155 Å². The second-order valence-electron chi connectivity index (χ2n) is 5.19. The van der Waals surface area contributed by atoms with Gasteiger partial charge in [0.1, 0.15) is 5.75 Å². The molecule has 0 aliphatic rings. The summed E-state index contributed by atoms with van der Waals surface area (Å²) in [6.45, 7) is 4.22. The van der Waals surface area contributed by atoms with E-state index in [-0.39, 0.29) is 11.5 Å². The van der Waals surface area contributed by atoms with Gasteiger partial charge in [0, 0.05) is 12.3 Å². The molecule has 7 nitrogen and oxygen atoms in total. The quantitative estimate of drug-likeness (QED) is 0.314. The number of nitrogens with zero attached hydrogens (tertiary/aromatic N) is 3. The smallest absolute Gasteiger partial charge is 0.310 e. The van der Waals surface area contributed by atoms with Gasteiger partial charge in [0.15, 0.2) is 10.9 Å². The first-order chi connectivity index (χ1) is 12.6. The van der Waals surface area contributed by atoms with Gasteiger partial charge >= 0.3 is 10.1 Å². The van der Waals surface area contributed by atoms with Crippen LogP contribution in [0.2, 0.25) is 0 Å². The molecule has 3 rings (SSSR count). The van der Waals surface area contributed by atoms with Crippen molar-refractivity contribution in [3.8, 4) is 17.3 Å². The van der Waals surface area contributed by atoms with Gasteiger partial charge in [0.25, 0.3) is 0 Å². The lowest BCUT2D eigenvalue weighted by molar-refractivity contribution is 0.488. The van der Waals surface area contributed by atoms with Crippen LogP contribution in [0.5, 0.6) is 5.75 Å². The minimum absolute atomic E-state index is 0.149. The second kappa shape index (κ2) is 8.24. The van der Waals surface area contributed by atoms with Crippen molar-refractivity contribution in [3.63, 3.8) is 0 Å². The fourth-order valence-electron chi connectivity index (χ4n) is 2.18. The lowest BCUT2D eigenvalue weighted by Gasteiger charge is -2.08. The average Bonchev–Trinajstić information content (AvgIpc) is 3.26. The van der Waals surface area contributed by atoms with Crippen LogP contribution in [0.25, 0.3) is 11.6 Å². The van der Waals surface area contributed by atoms with Crippen molar-refractivity contribution in [2.45, 2.75) is 11.7 Å². The fraction of sp³-hybridized carbons (Fsp3) is 0.176. The monoisotopic (exact) mass is 391 g/mol. The highest BCUT2D eigenvalue weighted by molar-refractivity contribution is 8.00. The molecule has 0 unspecified atom stereocenters. The summed E-state index contributed by atoms with van der Waals surface area (Å²) in [6, 6.07) is 12.0. The molecule has 0 aliphatic carbocycles. The summed E-state index contributed by atoms with van der Waals surface area (Å²) in [5, 5.41) is 8.85. The molecule has 0 bridgehead atoms. The Hall–Kier alpha value is -2.52. The number of benzene rings is 1. The topological polar surface area (TPSA) is 87.2 Å². The van der Waals surface area contributed by atoms with E-state index in [9.17, 15) is 8.42 Å². The molecule has 0 spiro atoms. The third-order valence-corrected chi connectivity index (χ3v) is 5.68. The van der Waals surface area contributed by atoms with E-state index in [1.54, 1.807) is 54.8 Å². The Morgan fingerprint density at radius 3 is 2.69 bits per heavy atom. The Kier molecular flexibility index (Phi) is 5.79. The maximum absolute atomic E-state index is 12.1. The number of para-hydroxylation sites is 1. The van der Waals surface area contributed by atoms with Gasteiger partial charge in [0.2, 0.25) is 5.82 Å². The van der Waals surface area contributed by atoms with Crippen molar-refractivity contribution in [3.05, 3.63) is 61.4 Å². The summed E-state index contributed by atoms with van der Waals surface area (Å²) in [7, 11) is -3.68. The molecule has 0 saturated carbocycles. The first-order valence-corrected chi connectivity index (χ1v) is 10.3. The van der Waals surface area contributed by atoms with Gasteiger partial charge in [-0.25, -0.2) is 0 Å². The van der Waals surface area contributed by atoms with Crippen LogP contribution in [-0.4, -0.2) is 34.7 Å². The molecule has 0 saturated heterocycles. The SMILES string of the molecule is C=CCn1c(SCCS(=O)(=O)Oc2ccccc2)nnc1-c1ccco1. The van der Waals surface area contributed by atoms with Crippen molar-refractivity contribution in [2.75, 3.05) is 11.5 Å². The third-order valence-electron chi connectivity index (χ3n) is 3.30. The number of rotatable bonds is 9. The van der Waals surface area contributed by atoms with Crippen LogP contribution in [0.1, 0.15) is 0 Å². The molecule has 1 aromatic carbocycles. The molecule has 0 amide bonds. The Balaban J connectivity index is 1.65. The van der Waals surface area contributed by atoms with E-state index in [4.69, 9.17) is 8.60 Å². The first kappa shape index (κ1) is 18.3. The maximum atomic E-state index is 12.1. The Bertz CT molecular complexity index is 951. The number of aromatic nitrogens is 3. The molecule has 0 atom stereocenters. The van der Waals surface area contributed by atoms with Gasteiger partial charge in [-0.2, -0.15) is 8.42 Å². The zero-order chi connectivity index (χ0) is 18.4. The highest BCUT2D eigenvalue weighted by atomic mass is 32.2. The zero-order valence-electron chi connectivity index (χ0n) is 13.8. The number of hydrogen-bond donors (Lipinski definition) is 0. The Morgan fingerprint density at radius 2 is 2.00 bits per heavy atom. The van der Waals surface area contributed by atoms with E-state index < -0.39 is 10.1 Å². The van der Waals surface area contributed by atoms with Gasteiger partial charge in [0.05, 0.1) is 12.0 Å². The van der Waals surface area contributed by atoms with Crippen molar-refractivity contribution in [1.82, 2.24) is 14.8 Å². The highest BCUT2D eigenvalue weighted by Gasteiger charge is 2.18. The standard InChI is InChI=1S/C17H17N3O4S2/c1-2-10-20-16(15-9-6-11-23-15)18-19-17(20)25-12-13-26(21,22)24-14-7-4-3-5-8-14/h2-9,11H,1,10,12-13H2. The van der Waals surface area contributed by atoms with Crippen molar-refractivity contribution < 1.29 is 17.0 Å². The van der Waals surface area contributed by atoms with E-state index >= 15 is 0 Å². The van der Waals surface area contributed by atoms with Crippen LogP contribution in [0.15, 0.2) is 71.0 Å². The average molecular weight is 391 g/mol. The minimum atomic E-state index is -3.68. The number of allylic oxidation sites excluding steroid dienone is 1. The van der Waals surface area contributed by atoms with E-state index in [1.807, 2.05) is 4.57 Å². The molecule has 9 heteroatoms. The van der Waals surface area contributed by atoms with Gasteiger partial charge in [-0.15, -0.1) is 16.8 Å². The molecule has 0 aliphatic heterocycles. The van der Waals surface area contributed by atoms with Crippen molar-refractivity contribution in [2.24, 2.45) is 0 Å². The predicted molar refractivity (Wildman–Crippen MR) is 99.5 cm³/mol. The van der Waals surface area contributed by atoms with E-state index in [1.165, 1.54) is 11.8 Å². The van der Waals surface area contributed by atoms with Gasteiger partial charge in [-0.05, 0) is 24.3 Å². The fourth-order valence-corrected chi connectivity index (χ4v) is 4.41. The molecule has 26 heavy (non-hydrogen) atoms. The number of thioether (sulfide) groups is 1. The summed E-state index contributed by atoms with van der Waals surface area (Å²) < 4.78 is 36.4. The van der Waals surface area contributed by atoms with Crippen LogP contribution in [-0.2, 0) is 16.7 Å². The van der Waals surface area contributed by atoms with Gasteiger partial charge in [-0.1, -0.05) is 36.0 Å². The third kappa shape index (κ3) is 4.55. The van der Waals surface area contributed by atoms with Crippen LogP contribution >= 0.6 is 11.8 Å². The van der Waals surface area contributed by atoms with Crippen molar-refractivity contribution >= 4 is 21.9 Å². The predicted octanol–water partition coefficient (Wildman–Crippen LogP) is 3.23. The lowest BCUT2D eigenvalue weighted by atomic mass is 10.3. The summed E-state index contributed by atoms with van der Waals surface area (Å²) in [6.07, 6.45) is 3.28. The van der Waals surface area contributed by atoms with Crippen LogP contribution in [0.4, 0.5) is 0 Å². The second-order valence-corrected chi connectivity index (χ2v) is 7.94. The van der Waals surface area contributed by atoms with Crippen LogP contribution in [0, 0.1) is 0 Å². The van der Waals surface area contributed by atoms with E-state index in [2.05, 4.69) is 16.8 Å². The summed E-state index contributed by atoms with van der Waals surface area (Å²) >= 11 is 1.28.